The molecule has 2 N–H and O–H groups in total. The molecule has 1 aliphatic rings. The molecule has 0 aromatic heterocycles. The molecular weight excluding hydrogens is 360 g/mol. The number of carbonyl (C=O) groups excluding carboxylic acids is 1. The van der Waals surface area contributed by atoms with Gasteiger partial charge in [0, 0.05) is 17.5 Å². The van der Waals surface area contributed by atoms with Crippen LogP contribution in [0.4, 0.5) is 0 Å². The van der Waals surface area contributed by atoms with Gasteiger partial charge in [-0.2, -0.15) is 0 Å². The molecule has 171 valence electrons. The molecule has 1 aliphatic heterocycles. The van der Waals surface area contributed by atoms with Gasteiger partial charge in [0.15, 0.2) is 0 Å². The number of primary amides is 1. The number of piperidine rings is 1. The summed E-state index contributed by atoms with van der Waals surface area (Å²) in [6.45, 7) is 8.44. The predicted molar refractivity (Wildman–Crippen MR) is 122 cm³/mol. The van der Waals surface area contributed by atoms with Crippen LogP contribution in [0.5, 0.6) is 0 Å². The SMILES string of the molecule is CC1(C)CC(CCCCCCCCCCCCCCCC(N)=O)CC(C)(C)N1[O]. The molecule has 1 saturated heterocycles. The largest absolute Gasteiger partial charge is 0.370 e. The van der Waals surface area contributed by atoms with Gasteiger partial charge in [-0.1, -0.05) is 83.5 Å². The van der Waals surface area contributed by atoms with E-state index in [4.69, 9.17) is 5.73 Å². The van der Waals surface area contributed by atoms with E-state index in [9.17, 15) is 10.0 Å². The molecule has 4 nitrogen and oxygen atoms in total. The number of unbranched alkanes of at least 4 members (excludes halogenated alkanes) is 12. The Bertz CT molecular complexity index is 430. The normalized spacial score (nSPS) is 19.5. The number of hydrogen-bond acceptors (Lipinski definition) is 2. The number of rotatable bonds is 16. The molecule has 4 heteroatoms. The van der Waals surface area contributed by atoms with E-state index in [1.54, 1.807) is 0 Å². The average molecular weight is 410 g/mol. The average Bonchev–Trinajstić information content (AvgIpc) is 2.62. The van der Waals surface area contributed by atoms with Crippen molar-refractivity contribution in [2.45, 2.75) is 148 Å². The van der Waals surface area contributed by atoms with Gasteiger partial charge in [-0.3, -0.25) is 4.79 Å². The Kier molecular flexibility index (Phi) is 12.4. The summed E-state index contributed by atoms with van der Waals surface area (Å²) in [5.74, 6) is 0.545. The van der Waals surface area contributed by atoms with Crippen molar-refractivity contribution in [3.63, 3.8) is 0 Å². The van der Waals surface area contributed by atoms with Crippen LogP contribution in [0.1, 0.15) is 137 Å². The Morgan fingerprint density at radius 1 is 0.724 bits per heavy atom. The lowest BCUT2D eigenvalue weighted by Gasteiger charge is -2.50. The van der Waals surface area contributed by atoms with Crippen molar-refractivity contribution in [1.29, 1.82) is 0 Å². The van der Waals surface area contributed by atoms with E-state index in [-0.39, 0.29) is 17.0 Å². The van der Waals surface area contributed by atoms with Crippen molar-refractivity contribution in [1.82, 2.24) is 5.06 Å². The van der Waals surface area contributed by atoms with Crippen LogP contribution in [0, 0.1) is 5.92 Å². The fourth-order valence-corrected chi connectivity index (χ4v) is 5.35. The third-order valence-electron chi connectivity index (χ3n) is 6.71. The Morgan fingerprint density at radius 2 is 1.07 bits per heavy atom. The van der Waals surface area contributed by atoms with Gasteiger partial charge in [0.1, 0.15) is 0 Å². The molecule has 29 heavy (non-hydrogen) atoms. The van der Waals surface area contributed by atoms with Crippen LogP contribution >= 0.6 is 0 Å². The minimum Gasteiger partial charge on any atom is -0.370 e. The van der Waals surface area contributed by atoms with E-state index < -0.39 is 0 Å². The molecule has 1 amide bonds. The summed E-state index contributed by atoms with van der Waals surface area (Å²) in [7, 11) is 0. The summed E-state index contributed by atoms with van der Waals surface area (Å²) in [4.78, 5) is 10.7. The van der Waals surface area contributed by atoms with Gasteiger partial charge < -0.3 is 5.73 Å². The number of hydroxylamine groups is 2. The molecule has 0 bridgehead atoms. The Balaban J connectivity index is 1.90. The van der Waals surface area contributed by atoms with Crippen LogP contribution in [0.25, 0.3) is 0 Å². The molecule has 1 fully saturated rings. The van der Waals surface area contributed by atoms with Gasteiger partial charge >= 0.3 is 0 Å². The molecule has 0 saturated carbocycles. The lowest BCUT2D eigenvalue weighted by Crippen LogP contribution is -2.58. The number of amides is 1. The van der Waals surface area contributed by atoms with Gasteiger partial charge in [-0.25, -0.2) is 0 Å². The highest BCUT2D eigenvalue weighted by Gasteiger charge is 2.45. The third kappa shape index (κ3) is 11.4. The van der Waals surface area contributed by atoms with E-state index in [2.05, 4.69) is 27.7 Å². The molecular formula is C25H49N2O2. The Labute approximate surface area is 181 Å². The zero-order chi connectivity index (χ0) is 21.8. The van der Waals surface area contributed by atoms with E-state index in [1.807, 2.05) is 0 Å². The first-order chi connectivity index (χ1) is 13.6. The zero-order valence-electron chi connectivity index (χ0n) is 19.9. The topological polar surface area (TPSA) is 66.2 Å². The number of nitrogens with zero attached hydrogens (tertiary/aromatic N) is 1. The fraction of sp³-hybridized carbons (Fsp3) is 0.960. The third-order valence-corrected chi connectivity index (χ3v) is 6.71. The highest BCUT2D eigenvalue weighted by molar-refractivity contribution is 5.73. The minimum absolute atomic E-state index is 0.164. The summed E-state index contributed by atoms with van der Waals surface area (Å²) >= 11 is 0. The maximum Gasteiger partial charge on any atom is 0.217 e. The maximum absolute atomic E-state index is 12.4. The fourth-order valence-electron chi connectivity index (χ4n) is 5.35. The molecule has 0 aliphatic carbocycles. The van der Waals surface area contributed by atoms with Crippen molar-refractivity contribution in [3.05, 3.63) is 0 Å². The van der Waals surface area contributed by atoms with Crippen molar-refractivity contribution in [2.75, 3.05) is 0 Å². The number of carbonyl (C=O) groups is 1. The van der Waals surface area contributed by atoms with E-state index >= 15 is 0 Å². The Morgan fingerprint density at radius 3 is 1.45 bits per heavy atom. The molecule has 0 atom stereocenters. The monoisotopic (exact) mass is 409 g/mol. The van der Waals surface area contributed by atoms with Crippen LogP contribution in [0.15, 0.2) is 0 Å². The van der Waals surface area contributed by atoms with Gasteiger partial charge in [0.2, 0.25) is 5.91 Å². The lowest BCUT2D eigenvalue weighted by atomic mass is 9.73. The lowest BCUT2D eigenvalue weighted by molar-refractivity contribution is -0.294. The molecule has 0 unspecified atom stereocenters. The van der Waals surface area contributed by atoms with Gasteiger partial charge in [-0.05, 0) is 52.9 Å². The van der Waals surface area contributed by atoms with Gasteiger partial charge in [-0.15, -0.1) is 10.3 Å². The first-order valence-electron chi connectivity index (χ1n) is 12.4. The van der Waals surface area contributed by atoms with Crippen LogP contribution in [-0.4, -0.2) is 22.0 Å². The minimum atomic E-state index is -0.212. The standard InChI is InChI=1S/C25H49N2O2/c1-24(2)20-22(21-25(3,4)27(24)29)18-16-14-12-10-8-6-5-7-9-11-13-15-17-19-23(26)28/h22H,5-21H2,1-4H3,(H2,26,28). The van der Waals surface area contributed by atoms with Crippen LogP contribution in [0.3, 0.4) is 0 Å². The molecule has 1 heterocycles. The second-order valence-corrected chi connectivity index (χ2v) is 10.8. The second kappa shape index (κ2) is 13.6. The Hall–Kier alpha value is -0.610. The number of hydrogen-bond donors (Lipinski definition) is 1. The maximum atomic E-state index is 12.4. The highest BCUT2D eigenvalue weighted by atomic mass is 16.5. The predicted octanol–water partition coefficient (Wildman–Crippen LogP) is 6.94. The van der Waals surface area contributed by atoms with E-state index in [1.165, 1.54) is 82.1 Å². The smallest absolute Gasteiger partial charge is 0.217 e. The number of nitrogens with two attached hydrogens (primary N) is 1. The zero-order valence-corrected chi connectivity index (χ0v) is 19.9. The molecule has 1 rings (SSSR count). The quantitative estimate of drug-likeness (QED) is 0.281. The van der Waals surface area contributed by atoms with E-state index in [0.29, 0.717) is 12.3 Å². The van der Waals surface area contributed by atoms with Crippen LogP contribution in [-0.2, 0) is 10.0 Å². The molecule has 0 spiro atoms. The first kappa shape index (κ1) is 26.4. The summed E-state index contributed by atoms with van der Waals surface area (Å²) in [5.41, 5.74) is 4.72. The summed E-state index contributed by atoms with van der Waals surface area (Å²) in [6, 6.07) is 0. The molecule has 0 aromatic carbocycles. The summed E-state index contributed by atoms with van der Waals surface area (Å²) in [5, 5.41) is 13.8. The van der Waals surface area contributed by atoms with Crippen molar-refractivity contribution in [2.24, 2.45) is 11.7 Å². The highest BCUT2D eigenvalue weighted by Crippen LogP contribution is 2.42. The van der Waals surface area contributed by atoms with Gasteiger partial charge in [0.05, 0.1) is 0 Å². The van der Waals surface area contributed by atoms with E-state index in [0.717, 1.165) is 25.7 Å². The van der Waals surface area contributed by atoms with Crippen molar-refractivity contribution in [3.8, 4) is 0 Å². The van der Waals surface area contributed by atoms with Crippen LogP contribution < -0.4 is 5.73 Å². The molecule has 1 radical (unpaired) electrons. The first-order valence-corrected chi connectivity index (χ1v) is 12.4. The molecule has 0 aromatic rings. The summed E-state index contributed by atoms with van der Waals surface area (Å²) < 4.78 is 0. The van der Waals surface area contributed by atoms with Crippen molar-refractivity contribution < 1.29 is 10.0 Å². The second-order valence-electron chi connectivity index (χ2n) is 10.8. The van der Waals surface area contributed by atoms with Gasteiger partial charge in [0.25, 0.3) is 0 Å². The van der Waals surface area contributed by atoms with Crippen LogP contribution in [0.2, 0.25) is 0 Å². The summed E-state index contributed by atoms with van der Waals surface area (Å²) in [6.07, 6.45) is 20.9. The van der Waals surface area contributed by atoms with Crippen molar-refractivity contribution >= 4 is 5.91 Å².